The van der Waals surface area contributed by atoms with Crippen LogP contribution in [0.25, 0.3) is 5.52 Å². The van der Waals surface area contributed by atoms with E-state index in [1.165, 1.54) is 0 Å². The van der Waals surface area contributed by atoms with Crippen LogP contribution in [0.2, 0.25) is 0 Å². The Morgan fingerprint density at radius 1 is 0.963 bits per heavy atom. The zero-order valence-corrected chi connectivity index (χ0v) is 15.0. The Balaban J connectivity index is 1.88. The van der Waals surface area contributed by atoms with Gasteiger partial charge in [0.15, 0.2) is 5.78 Å². The van der Waals surface area contributed by atoms with Gasteiger partial charge in [0.2, 0.25) is 5.78 Å². The smallest absolute Gasteiger partial charge is 0.341 e. The monoisotopic (exact) mass is 361 g/mol. The third kappa shape index (κ3) is 2.67. The van der Waals surface area contributed by atoms with Gasteiger partial charge in [0.25, 0.3) is 0 Å². The second-order valence-corrected chi connectivity index (χ2v) is 6.60. The maximum Gasteiger partial charge on any atom is 0.341 e. The fourth-order valence-corrected chi connectivity index (χ4v) is 3.59. The SMILES string of the molecule is CCCCCOC(=O)c1c2c(n3ccccc13)C(=O)c1ccccc1C2=O. The van der Waals surface area contributed by atoms with Crippen LogP contribution in [-0.4, -0.2) is 28.5 Å². The van der Waals surface area contributed by atoms with Crippen LogP contribution in [0.5, 0.6) is 0 Å². The Morgan fingerprint density at radius 3 is 2.41 bits per heavy atom. The highest BCUT2D eigenvalue weighted by Crippen LogP contribution is 2.34. The molecule has 0 spiro atoms. The van der Waals surface area contributed by atoms with Gasteiger partial charge in [-0.05, 0) is 18.6 Å². The van der Waals surface area contributed by atoms with E-state index in [0.29, 0.717) is 23.3 Å². The van der Waals surface area contributed by atoms with E-state index in [-0.39, 0.29) is 28.4 Å². The minimum atomic E-state index is -0.559. The predicted molar refractivity (Wildman–Crippen MR) is 101 cm³/mol. The Kier molecular flexibility index (Phi) is 4.36. The van der Waals surface area contributed by atoms with Crippen LogP contribution < -0.4 is 0 Å². The number of benzene rings is 1. The second-order valence-electron chi connectivity index (χ2n) is 6.60. The van der Waals surface area contributed by atoms with Crippen molar-refractivity contribution in [3.8, 4) is 0 Å². The van der Waals surface area contributed by atoms with Crippen molar-refractivity contribution in [2.45, 2.75) is 26.2 Å². The molecule has 2 heterocycles. The zero-order valence-electron chi connectivity index (χ0n) is 15.0. The summed E-state index contributed by atoms with van der Waals surface area (Å²) in [5.41, 5.74) is 1.75. The molecule has 0 fully saturated rings. The summed E-state index contributed by atoms with van der Waals surface area (Å²) in [7, 11) is 0. The minimum absolute atomic E-state index is 0.144. The molecule has 27 heavy (non-hydrogen) atoms. The van der Waals surface area contributed by atoms with Gasteiger partial charge in [0.05, 0.1) is 23.3 Å². The highest BCUT2D eigenvalue weighted by molar-refractivity contribution is 6.31. The summed E-state index contributed by atoms with van der Waals surface area (Å²) < 4.78 is 7.04. The lowest BCUT2D eigenvalue weighted by molar-refractivity contribution is 0.0498. The number of fused-ring (bicyclic) bond motifs is 4. The molecule has 0 atom stereocenters. The first-order valence-electron chi connectivity index (χ1n) is 9.13. The van der Waals surface area contributed by atoms with Gasteiger partial charge >= 0.3 is 5.97 Å². The molecular formula is C22H19NO4. The summed E-state index contributed by atoms with van der Waals surface area (Å²) in [5.74, 6) is -1.13. The highest BCUT2D eigenvalue weighted by atomic mass is 16.5. The van der Waals surface area contributed by atoms with E-state index in [2.05, 4.69) is 6.92 Å². The molecule has 0 unspecified atom stereocenters. The van der Waals surface area contributed by atoms with E-state index in [1.807, 2.05) is 0 Å². The first-order valence-corrected chi connectivity index (χ1v) is 9.13. The van der Waals surface area contributed by atoms with Crippen LogP contribution in [0.1, 0.15) is 68.5 Å². The first-order chi connectivity index (χ1) is 13.1. The van der Waals surface area contributed by atoms with Crippen LogP contribution in [0.3, 0.4) is 0 Å². The molecule has 1 aromatic carbocycles. The summed E-state index contributed by atoms with van der Waals surface area (Å²) >= 11 is 0. The lowest BCUT2D eigenvalue weighted by Crippen LogP contribution is -2.23. The Morgan fingerprint density at radius 2 is 1.67 bits per heavy atom. The molecular weight excluding hydrogens is 342 g/mol. The number of ketones is 2. The van der Waals surface area contributed by atoms with Crippen LogP contribution >= 0.6 is 0 Å². The molecule has 0 saturated heterocycles. The molecule has 3 aromatic rings. The number of hydrogen-bond donors (Lipinski definition) is 0. The zero-order chi connectivity index (χ0) is 19.0. The largest absolute Gasteiger partial charge is 0.462 e. The van der Waals surface area contributed by atoms with Crippen molar-refractivity contribution in [1.29, 1.82) is 0 Å². The number of esters is 1. The molecule has 2 aromatic heterocycles. The van der Waals surface area contributed by atoms with E-state index in [1.54, 1.807) is 53.1 Å². The number of hydrogen-bond acceptors (Lipinski definition) is 4. The van der Waals surface area contributed by atoms with Crippen molar-refractivity contribution >= 4 is 23.1 Å². The average Bonchev–Trinajstić information content (AvgIpc) is 3.05. The van der Waals surface area contributed by atoms with Crippen molar-refractivity contribution in [3.63, 3.8) is 0 Å². The number of nitrogens with zero attached hydrogens (tertiary/aromatic N) is 1. The number of carbonyl (C=O) groups excluding carboxylic acids is 3. The highest BCUT2D eigenvalue weighted by Gasteiger charge is 2.38. The summed E-state index contributed by atoms with van der Waals surface area (Å²) in [6, 6.07) is 12.0. The van der Waals surface area contributed by atoms with Crippen molar-refractivity contribution in [2.24, 2.45) is 0 Å². The normalized spacial score (nSPS) is 12.8. The van der Waals surface area contributed by atoms with E-state index < -0.39 is 5.97 Å². The summed E-state index contributed by atoms with van der Waals surface area (Å²) in [5, 5.41) is 0. The van der Waals surface area contributed by atoms with Gasteiger partial charge in [-0.25, -0.2) is 4.79 Å². The number of rotatable bonds is 5. The molecule has 1 aliphatic rings. The van der Waals surface area contributed by atoms with Crippen LogP contribution in [0.15, 0.2) is 48.7 Å². The molecule has 4 rings (SSSR count). The number of ether oxygens (including phenoxy) is 1. The molecule has 1 aliphatic carbocycles. The van der Waals surface area contributed by atoms with E-state index >= 15 is 0 Å². The fraction of sp³-hybridized carbons (Fsp3) is 0.227. The van der Waals surface area contributed by atoms with E-state index in [0.717, 1.165) is 19.3 Å². The molecule has 136 valence electrons. The third-order valence-electron chi connectivity index (χ3n) is 4.89. The lowest BCUT2D eigenvalue weighted by atomic mass is 9.86. The fourth-order valence-electron chi connectivity index (χ4n) is 3.59. The predicted octanol–water partition coefficient (Wildman–Crippen LogP) is 4.06. The van der Waals surface area contributed by atoms with Crippen molar-refractivity contribution in [1.82, 2.24) is 4.40 Å². The third-order valence-corrected chi connectivity index (χ3v) is 4.89. The van der Waals surface area contributed by atoms with Gasteiger partial charge in [-0.1, -0.05) is 50.1 Å². The Labute approximate surface area is 156 Å². The summed E-state index contributed by atoms with van der Waals surface area (Å²) in [4.78, 5) is 39.0. The number of unbranched alkanes of at least 4 members (excludes halogenated alkanes) is 2. The van der Waals surface area contributed by atoms with Crippen LogP contribution in [0.4, 0.5) is 0 Å². The molecule has 5 nitrogen and oxygen atoms in total. The van der Waals surface area contributed by atoms with Gasteiger partial charge in [0.1, 0.15) is 5.69 Å². The van der Waals surface area contributed by atoms with Crippen LogP contribution in [-0.2, 0) is 4.74 Å². The van der Waals surface area contributed by atoms with E-state index in [9.17, 15) is 14.4 Å². The van der Waals surface area contributed by atoms with Gasteiger partial charge in [-0.15, -0.1) is 0 Å². The topological polar surface area (TPSA) is 64.8 Å². The van der Waals surface area contributed by atoms with Gasteiger partial charge in [-0.3, -0.25) is 9.59 Å². The summed E-state index contributed by atoms with van der Waals surface area (Å²) in [6.45, 7) is 2.37. The molecule has 5 heteroatoms. The molecule has 0 bridgehead atoms. The standard InChI is InChI=1S/C22H19NO4/c1-2-3-8-13-27-22(26)17-16-11-6-7-12-23(16)19-18(17)20(24)14-9-4-5-10-15(14)21(19)25/h4-7,9-12H,2-3,8,13H2,1H3. The first kappa shape index (κ1) is 17.2. The van der Waals surface area contributed by atoms with Crippen molar-refractivity contribution < 1.29 is 19.1 Å². The van der Waals surface area contributed by atoms with Gasteiger partial charge in [-0.2, -0.15) is 0 Å². The maximum absolute atomic E-state index is 13.2. The van der Waals surface area contributed by atoms with Gasteiger partial charge in [0, 0.05) is 17.3 Å². The second kappa shape index (κ2) is 6.83. The van der Waals surface area contributed by atoms with Crippen molar-refractivity contribution in [2.75, 3.05) is 6.61 Å². The lowest BCUT2D eigenvalue weighted by Gasteiger charge is -2.15. The maximum atomic E-state index is 13.2. The van der Waals surface area contributed by atoms with Crippen molar-refractivity contribution in [3.05, 3.63) is 76.6 Å². The number of pyridine rings is 1. The van der Waals surface area contributed by atoms with E-state index in [4.69, 9.17) is 4.74 Å². The Hall–Kier alpha value is -3.21. The average molecular weight is 361 g/mol. The molecule has 0 aliphatic heterocycles. The van der Waals surface area contributed by atoms with Crippen LogP contribution in [0, 0.1) is 0 Å². The molecule has 0 radical (unpaired) electrons. The summed E-state index contributed by atoms with van der Waals surface area (Å²) in [6.07, 6.45) is 4.45. The molecule has 0 amide bonds. The Bertz CT molecular complexity index is 1080. The minimum Gasteiger partial charge on any atom is -0.462 e. The molecule has 0 saturated carbocycles. The quantitative estimate of drug-likeness (QED) is 0.397. The van der Waals surface area contributed by atoms with Gasteiger partial charge < -0.3 is 9.14 Å². The number of carbonyl (C=O) groups is 3. The molecule has 0 N–H and O–H groups in total. The number of aromatic nitrogens is 1.